The zero-order valence-corrected chi connectivity index (χ0v) is 7.59. The number of benzene rings is 1. The molecule has 0 atom stereocenters. The molecule has 0 aliphatic carbocycles. The maximum absolute atomic E-state index is 8.59. The van der Waals surface area contributed by atoms with Crippen LogP contribution in [0.2, 0.25) is 0 Å². The lowest BCUT2D eigenvalue weighted by Crippen LogP contribution is -2.14. The normalized spacial score (nSPS) is 10.6. The van der Waals surface area contributed by atoms with Gasteiger partial charge in [-0.15, -0.1) is 5.11 Å². The zero-order valence-electron chi connectivity index (χ0n) is 7.59. The number of hydrogen-bond donors (Lipinski definition) is 1. The van der Waals surface area contributed by atoms with Crippen LogP contribution in [0.25, 0.3) is 0 Å². The smallest absolute Gasteiger partial charge is 0.0874 e. The first-order valence-corrected chi connectivity index (χ1v) is 4.11. The monoisotopic (exact) mass is 179 g/mol. The van der Waals surface area contributed by atoms with Crippen molar-refractivity contribution in [3.8, 4) is 0 Å². The van der Waals surface area contributed by atoms with Gasteiger partial charge in [-0.05, 0) is 12.1 Å². The lowest BCUT2D eigenvalue weighted by Gasteiger charge is -2.07. The molecular weight excluding hydrogens is 166 g/mol. The predicted octanol–water partition coefficient (Wildman–Crippen LogP) is 1.61. The Labute approximate surface area is 77.5 Å². The van der Waals surface area contributed by atoms with Gasteiger partial charge in [-0.1, -0.05) is 23.4 Å². The van der Waals surface area contributed by atoms with E-state index in [-0.39, 0.29) is 6.61 Å². The van der Waals surface area contributed by atoms with Gasteiger partial charge in [-0.3, -0.25) is 5.01 Å². The van der Waals surface area contributed by atoms with Gasteiger partial charge in [0.25, 0.3) is 0 Å². The molecule has 0 aromatic heterocycles. The number of hydrogen-bond acceptors (Lipinski definition) is 3. The molecule has 1 aromatic rings. The fourth-order valence-electron chi connectivity index (χ4n) is 0.812. The molecule has 0 radical (unpaired) electrons. The molecule has 70 valence electrons. The van der Waals surface area contributed by atoms with Gasteiger partial charge >= 0.3 is 0 Å². The van der Waals surface area contributed by atoms with E-state index in [0.717, 1.165) is 5.69 Å². The average Bonchev–Trinajstić information content (AvgIpc) is 2.17. The summed E-state index contributed by atoms with van der Waals surface area (Å²) >= 11 is 0. The quantitative estimate of drug-likeness (QED) is 0.564. The van der Waals surface area contributed by atoms with Crippen molar-refractivity contribution in [2.24, 2.45) is 10.3 Å². The highest BCUT2D eigenvalue weighted by Crippen LogP contribution is 2.10. The second-order valence-corrected chi connectivity index (χ2v) is 2.63. The van der Waals surface area contributed by atoms with Crippen LogP contribution in [0.3, 0.4) is 0 Å². The number of aliphatic hydroxyl groups is 1. The molecule has 0 heterocycles. The first-order valence-electron chi connectivity index (χ1n) is 4.11. The molecule has 0 spiro atoms. The second kappa shape index (κ2) is 5.27. The number of aliphatic hydroxyl groups excluding tert-OH is 1. The number of rotatable bonds is 4. The minimum Gasteiger partial charge on any atom is -0.394 e. The summed E-state index contributed by atoms with van der Waals surface area (Å²) in [4.78, 5) is 0. The molecule has 1 rings (SSSR count). The molecular formula is C9H13N3O. The SMILES string of the molecule is CN(CCO)N=Nc1ccccc1. The Morgan fingerprint density at radius 2 is 2.00 bits per heavy atom. The van der Waals surface area contributed by atoms with Crippen molar-refractivity contribution < 1.29 is 5.11 Å². The Kier molecular flexibility index (Phi) is 3.92. The summed E-state index contributed by atoms with van der Waals surface area (Å²) in [5, 5.41) is 18.0. The van der Waals surface area contributed by atoms with E-state index in [0.29, 0.717) is 6.54 Å². The molecule has 0 unspecified atom stereocenters. The van der Waals surface area contributed by atoms with E-state index >= 15 is 0 Å². The first kappa shape index (κ1) is 9.67. The van der Waals surface area contributed by atoms with Gasteiger partial charge in [0, 0.05) is 7.05 Å². The zero-order chi connectivity index (χ0) is 9.52. The molecule has 1 N–H and O–H groups in total. The average molecular weight is 179 g/mol. The van der Waals surface area contributed by atoms with Crippen molar-refractivity contribution in [3.63, 3.8) is 0 Å². The summed E-state index contributed by atoms with van der Waals surface area (Å²) in [6.07, 6.45) is 0. The highest BCUT2D eigenvalue weighted by molar-refractivity contribution is 5.34. The Hall–Kier alpha value is -1.42. The van der Waals surface area contributed by atoms with E-state index in [1.54, 1.807) is 12.1 Å². The number of likely N-dealkylation sites (N-methyl/N-ethyl adjacent to an activating group) is 1. The summed E-state index contributed by atoms with van der Waals surface area (Å²) < 4.78 is 0. The van der Waals surface area contributed by atoms with Crippen LogP contribution >= 0.6 is 0 Å². The van der Waals surface area contributed by atoms with Crippen LogP contribution in [0.4, 0.5) is 5.69 Å². The van der Waals surface area contributed by atoms with Gasteiger partial charge in [-0.25, -0.2) is 0 Å². The summed E-state index contributed by atoms with van der Waals surface area (Å²) in [5.74, 6) is 0. The van der Waals surface area contributed by atoms with Crippen molar-refractivity contribution in [2.75, 3.05) is 20.2 Å². The minimum absolute atomic E-state index is 0.0876. The van der Waals surface area contributed by atoms with Crippen molar-refractivity contribution in [2.45, 2.75) is 0 Å². The molecule has 0 aliphatic heterocycles. The molecule has 4 nitrogen and oxygen atoms in total. The Morgan fingerprint density at radius 1 is 1.31 bits per heavy atom. The predicted molar refractivity (Wildman–Crippen MR) is 50.7 cm³/mol. The van der Waals surface area contributed by atoms with Crippen molar-refractivity contribution in [3.05, 3.63) is 30.3 Å². The van der Waals surface area contributed by atoms with Crippen LogP contribution < -0.4 is 0 Å². The Bertz CT molecular complexity index is 261. The minimum atomic E-state index is 0.0876. The van der Waals surface area contributed by atoms with Gasteiger partial charge in [0.15, 0.2) is 0 Å². The molecule has 0 bridgehead atoms. The van der Waals surface area contributed by atoms with Crippen molar-refractivity contribution in [1.29, 1.82) is 0 Å². The number of nitrogens with zero attached hydrogens (tertiary/aromatic N) is 3. The Morgan fingerprint density at radius 3 is 2.62 bits per heavy atom. The van der Waals surface area contributed by atoms with Gasteiger partial charge in [0.2, 0.25) is 0 Å². The summed E-state index contributed by atoms with van der Waals surface area (Å²) in [7, 11) is 1.77. The maximum atomic E-state index is 8.59. The molecule has 0 amide bonds. The van der Waals surface area contributed by atoms with Gasteiger partial charge < -0.3 is 5.11 Å². The van der Waals surface area contributed by atoms with Gasteiger partial charge in [-0.2, -0.15) is 0 Å². The Balaban J connectivity index is 2.49. The molecule has 1 aromatic carbocycles. The van der Waals surface area contributed by atoms with Gasteiger partial charge in [0.05, 0.1) is 18.8 Å². The lowest BCUT2D eigenvalue weighted by atomic mass is 10.3. The van der Waals surface area contributed by atoms with E-state index in [1.807, 2.05) is 30.3 Å². The summed E-state index contributed by atoms with van der Waals surface area (Å²) in [5.41, 5.74) is 0.812. The molecule has 0 fully saturated rings. The first-order chi connectivity index (χ1) is 6.33. The topological polar surface area (TPSA) is 48.2 Å². The van der Waals surface area contributed by atoms with Crippen LogP contribution in [0.1, 0.15) is 0 Å². The van der Waals surface area contributed by atoms with Crippen LogP contribution in [0.5, 0.6) is 0 Å². The third kappa shape index (κ3) is 3.66. The van der Waals surface area contributed by atoms with Crippen LogP contribution in [-0.2, 0) is 0 Å². The lowest BCUT2D eigenvalue weighted by molar-refractivity contribution is 0.219. The van der Waals surface area contributed by atoms with E-state index in [2.05, 4.69) is 10.3 Å². The molecule has 0 aliphatic rings. The molecule has 0 saturated heterocycles. The molecule has 0 saturated carbocycles. The maximum Gasteiger partial charge on any atom is 0.0874 e. The molecule has 4 heteroatoms. The van der Waals surface area contributed by atoms with E-state index in [1.165, 1.54) is 0 Å². The fourth-order valence-corrected chi connectivity index (χ4v) is 0.812. The summed E-state index contributed by atoms with van der Waals surface area (Å²) in [6.45, 7) is 0.584. The largest absolute Gasteiger partial charge is 0.394 e. The fraction of sp³-hybridized carbons (Fsp3) is 0.333. The third-order valence-corrected chi connectivity index (χ3v) is 1.49. The van der Waals surface area contributed by atoms with E-state index in [4.69, 9.17) is 5.11 Å². The highest BCUT2D eigenvalue weighted by atomic mass is 16.3. The van der Waals surface area contributed by atoms with Crippen LogP contribution in [-0.4, -0.2) is 30.3 Å². The van der Waals surface area contributed by atoms with Crippen LogP contribution in [0, 0.1) is 0 Å². The second-order valence-electron chi connectivity index (χ2n) is 2.63. The van der Waals surface area contributed by atoms with Crippen molar-refractivity contribution in [1.82, 2.24) is 5.01 Å². The van der Waals surface area contributed by atoms with Gasteiger partial charge in [0.1, 0.15) is 0 Å². The van der Waals surface area contributed by atoms with E-state index < -0.39 is 0 Å². The van der Waals surface area contributed by atoms with Crippen LogP contribution in [0.15, 0.2) is 40.7 Å². The highest BCUT2D eigenvalue weighted by Gasteiger charge is 1.90. The van der Waals surface area contributed by atoms with E-state index in [9.17, 15) is 0 Å². The van der Waals surface area contributed by atoms with Crippen molar-refractivity contribution >= 4 is 5.69 Å². The summed E-state index contributed by atoms with van der Waals surface area (Å²) in [6, 6.07) is 9.48. The molecule has 13 heavy (non-hydrogen) atoms. The third-order valence-electron chi connectivity index (χ3n) is 1.49. The standard InChI is InChI=1S/C9H13N3O/c1-12(7-8-13)11-10-9-5-3-2-4-6-9/h2-6,13H,7-8H2,1H3.